The highest BCUT2D eigenvalue weighted by Gasteiger charge is 2.18. The minimum absolute atomic E-state index is 0.0480. The third kappa shape index (κ3) is 3.85. The maximum atomic E-state index is 12.6. The molecule has 6 nitrogen and oxygen atoms in total. The van der Waals surface area contributed by atoms with Crippen LogP contribution in [-0.2, 0) is 4.74 Å². The first-order valence-electron chi connectivity index (χ1n) is 7.96. The number of nitrogens with one attached hydrogen (secondary N) is 2. The second-order valence-corrected chi connectivity index (χ2v) is 6.92. The van der Waals surface area contributed by atoms with Crippen molar-refractivity contribution in [3.05, 3.63) is 44.7 Å². The molecule has 2 N–H and O–H groups in total. The minimum atomic E-state index is -0.348. The van der Waals surface area contributed by atoms with E-state index in [4.69, 9.17) is 4.74 Å². The average Bonchev–Trinajstić information content (AvgIpc) is 2.56. The van der Waals surface area contributed by atoms with Crippen LogP contribution in [0.25, 0.3) is 10.9 Å². The van der Waals surface area contributed by atoms with Gasteiger partial charge in [-0.3, -0.25) is 14.5 Å². The third-order valence-electron chi connectivity index (χ3n) is 4.10. The number of aromatic nitrogens is 1. The van der Waals surface area contributed by atoms with Gasteiger partial charge < -0.3 is 15.0 Å². The molecular weight excluding hydrogens is 374 g/mol. The van der Waals surface area contributed by atoms with Crippen LogP contribution >= 0.6 is 15.9 Å². The molecule has 3 rings (SSSR count). The molecule has 1 amide bonds. The predicted octanol–water partition coefficient (Wildman–Crippen LogP) is 1.74. The first kappa shape index (κ1) is 17.1. The van der Waals surface area contributed by atoms with Crippen LogP contribution in [0.1, 0.15) is 17.3 Å². The molecule has 2 heterocycles. The van der Waals surface area contributed by atoms with Gasteiger partial charge in [-0.2, -0.15) is 0 Å². The number of fused-ring (bicyclic) bond motifs is 1. The smallest absolute Gasteiger partial charge is 0.257 e. The summed E-state index contributed by atoms with van der Waals surface area (Å²) in [5.74, 6) is -0.348. The topological polar surface area (TPSA) is 74.4 Å². The lowest BCUT2D eigenvalue weighted by atomic mass is 10.1. The van der Waals surface area contributed by atoms with Gasteiger partial charge in [-0.25, -0.2) is 0 Å². The van der Waals surface area contributed by atoms with Crippen LogP contribution in [0, 0.1) is 0 Å². The van der Waals surface area contributed by atoms with Crippen LogP contribution in [0.2, 0.25) is 0 Å². The first-order valence-corrected chi connectivity index (χ1v) is 8.76. The molecule has 7 heteroatoms. The zero-order valence-corrected chi connectivity index (χ0v) is 15.1. The maximum Gasteiger partial charge on any atom is 0.257 e. The molecule has 24 heavy (non-hydrogen) atoms. The number of aromatic amines is 1. The van der Waals surface area contributed by atoms with Gasteiger partial charge in [0.2, 0.25) is 5.43 Å². The number of pyridine rings is 1. The lowest BCUT2D eigenvalue weighted by Gasteiger charge is -2.29. The molecule has 128 valence electrons. The Bertz CT molecular complexity index is 799. The van der Waals surface area contributed by atoms with E-state index >= 15 is 0 Å². The summed E-state index contributed by atoms with van der Waals surface area (Å²) in [6.45, 7) is 5.86. The second kappa shape index (κ2) is 7.46. The molecular formula is C17H20BrN3O3. The number of hydrogen-bond acceptors (Lipinski definition) is 4. The number of hydrogen-bond donors (Lipinski definition) is 2. The summed E-state index contributed by atoms with van der Waals surface area (Å²) >= 11 is 3.35. The molecule has 0 bridgehead atoms. The predicted molar refractivity (Wildman–Crippen MR) is 96.5 cm³/mol. The van der Waals surface area contributed by atoms with Gasteiger partial charge >= 0.3 is 0 Å². The highest BCUT2D eigenvalue weighted by atomic mass is 79.9. The maximum absolute atomic E-state index is 12.6. The lowest BCUT2D eigenvalue weighted by Crippen LogP contribution is -2.46. The second-order valence-electron chi connectivity index (χ2n) is 6.01. The van der Waals surface area contributed by atoms with Crippen molar-refractivity contribution in [2.75, 3.05) is 32.8 Å². The van der Waals surface area contributed by atoms with Gasteiger partial charge in [0.25, 0.3) is 5.91 Å². The van der Waals surface area contributed by atoms with Crippen LogP contribution in [0.4, 0.5) is 0 Å². The largest absolute Gasteiger partial charge is 0.379 e. The van der Waals surface area contributed by atoms with Gasteiger partial charge in [-0.15, -0.1) is 0 Å². The molecule has 0 aliphatic carbocycles. The summed E-state index contributed by atoms with van der Waals surface area (Å²) in [5, 5.41) is 3.41. The molecule has 1 fully saturated rings. The van der Waals surface area contributed by atoms with Crippen molar-refractivity contribution >= 4 is 32.7 Å². The average molecular weight is 394 g/mol. The van der Waals surface area contributed by atoms with Gasteiger partial charge in [0.05, 0.1) is 13.2 Å². The monoisotopic (exact) mass is 393 g/mol. The number of ether oxygens (including phenoxy) is 1. The standard InChI is InChI=1S/C17H20BrN3O3/c1-11(10-21-4-6-24-7-5-21)20-17(23)14-9-19-15-3-2-12(18)8-13(15)16(14)22/h2-3,8-9,11H,4-7,10H2,1H3,(H,19,22)(H,20,23)/t11-/m0/s1. The highest BCUT2D eigenvalue weighted by Crippen LogP contribution is 2.15. The van der Waals surface area contributed by atoms with Gasteiger partial charge in [0, 0.05) is 47.2 Å². The van der Waals surface area contributed by atoms with E-state index in [2.05, 4.69) is 31.1 Å². The summed E-state index contributed by atoms with van der Waals surface area (Å²) in [6, 6.07) is 5.34. The van der Waals surface area contributed by atoms with Crippen LogP contribution in [0.5, 0.6) is 0 Å². The number of benzene rings is 1. The Labute approximate surface area is 148 Å². The quantitative estimate of drug-likeness (QED) is 0.829. The number of H-pyrrole nitrogens is 1. The lowest BCUT2D eigenvalue weighted by molar-refractivity contribution is 0.0342. The van der Waals surface area contributed by atoms with E-state index in [9.17, 15) is 9.59 Å². The highest BCUT2D eigenvalue weighted by molar-refractivity contribution is 9.10. The van der Waals surface area contributed by atoms with Crippen molar-refractivity contribution in [3.63, 3.8) is 0 Å². The van der Waals surface area contributed by atoms with Crippen LogP contribution in [-0.4, -0.2) is 54.7 Å². The van der Waals surface area contributed by atoms with Crippen molar-refractivity contribution in [2.24, 2.45) is 0 Å². The summed E-state index contributed by atoms with van der Waals surface area (Å²) in [5.41, 5.74) is 0.580. The van der Waals surface area contributed by atoms with Crippen molar-refractivity contribution in [1.82, 2.24) is 15.2 Å². The fraction of sp³-hybridized carbons (Fsp3) is 0.412. The number of halogens is 1. The molecule has 0 spiro atoms. The molecule has 1 aromatic heterocycles. The minimum Gasteiger partial charge on any atom is -0.379 e. The zero-order chi connectivity index (χ0) is 17.1. The van der Waals surface area contributed by atoms with Crippen molar-refractivity contribution in [1.29, 1.82) is 0 Å². The summed E-state index contributed by atoms with van der Waals surface area (Å²) in [6.07, 6.45) is 1.48. The number of carbonyl (C=O) groups excluding carboxylic acids is 1. The fourth-order valence-electron chi connectivity index (χ4n) is 2.88. The SMILES string of the molecule is C[C@@H](CN1CCOCC1)NC(=O)c1c[nH]c2ccc(Br)cc2c1=O. The molecule has 1 aromatic carbocycles. The van der Waals surface area contributed by atoms with Crippen LogP contribution in [0.15, 0.2) is 33.7 Å². The third-order valence-corrected chi connectivity index (χ3v) is 4.59. The van der Waals surface area contributed by atoms with E-state index in [0.717, 1.165) is 37.3 Å². The van der Waals surface area contributed by atoms with Crippen molar-refractivity contribution < 1.29 is 9.53 Å². The van der Waals surface area contributed by atoms with Gasteiger partial charge in [-0.1, -0.05) is 15.9 Å². The first-order chi connectivity index (χ1) is 11.5. The van der Waals surface area contributed by atoms with E-state index in [0.29, 0.717) is 10.9 Å². The Morgan fingerprint density at radius 3 is 2.92 bits per heavy atom. The fourth-order valence-corrected chi connectivity index (χ4v) is 3.24. The molecule has 1 aliphatic heterocycles. The Morgan fingerprint density at radius 1 is 1.42 bits per heavy atom. The summed E-state index contributed by atoms with van der Waals surface area (Å²) in [4.78, 5) is 30.3. The molecule has 1 aliphatic rings. The molecule has 2 aromatic rings. The molecule has 1 atom stereocenters. The number of rotatable bonds is 4. The summed E-state index contributed by atoms with van der Waals surface area (Å²) in [7, 11) is 0. The van der Waals surface area contributed by atoms with E-state index in [1.165, 1.54) is 6.20 Å². The number of amides is 1. The summed E-state index contributed by atoms with van der Waals surface area (Å²) < 4.78 is 6.12. The van der Waals surface area contributed by atoms with Gasteiger partial charge in [0.1, 0.15) is 5.56 Å². The number of morpholine rings is 1. The Balaban J connectivity index is 1.73. The van der Waals surface area contributed by atoms with E-state index in [-0.39, 0.29) is 22.9 Å². The molecule has 0 saturated carbocycles. The number of carbonyl (C=O) groups is 1. The van der Waals surface area contributed by atoms with Crippen LogP contribution < -0.4 is 10.7 Å². The van der Waals surface area contributed by atoms with Crippen LogP contribution in [0.3, 0.4) is 0 Å². The normalized spacial score (nSPS) is 16.9. The molecule has 0 radical (unpaired) electrons. The molecule has 0 unspecified atom stereocenters. The Kier molecular flexibility index (Phi) is 5.33. The van der Waals surface area contributed by atoms with E-state index in [1.807, 2.05) is 19.1 Å². The number of nitrogens with zero attached hydrogens (tertiary/aromatic N) is 1. The van der Waals surface area contributed by atoms with Gasteiger partial charge in [0.15, 0.2) is 0 Å². The van der Waals surface area contributed by atoms with Gasteiger partial charge in [-0.05, 0) is 25.1 Å². The Hall–Kier alpha value is -1.70. The molecule has 1 saturated heterocycles. The van der Waals surface area contributed by atoms with Crippen molar-refractivity contribution in [3.8, 4) is 0 Å². The van der Waals surface area contributed by atoms with E-state index in [1.54, 1.807) is 6.07 Å². The van der Waals surface area contributed by atoms with Crippen molar-refractivity contribution in [2.45, 2.75) is 13.0 Å². The Morgan fingerprint density at radius 2 is 2.17 bits per heavy atom. The zero-order valence-electron chi connectivity index (χ0n) is 13.5. The van der Waals surface area contributed by atoms with E-state index < -0.39 is 0 Å².